The van der Waals surface area contributed by atoms with Gasteiger partial charge in [0.25, 0.3) is 0 Å². The van der Waals surface area contributed by atoms with Gasteiger partial charge in [-0.25, -0.2) is 0 Å². The second kappa shape index (κ2) is 8.28. The molecule has 2 aromatic rings. The summed E-state index contributed by atoms with van der Waals surface area (Å²) in [7, 11) is 0. The van der Waals surface area contributed by atoms with Gasteiger partial charge in [0.2, 0.25) is 0 Å². The molecule has 0 saturated heterocycles. The first kappa shape index (κ1) is 19.2. The van der Waals surface area contributed by atoms with E-state index in [1.165, 1.54) is 12.2 Å². The van der Waals surface area contributed by atoms with E-state index in [1.807, 2.05) is 0 Å². The minimum Gasteiger partial charge on any atom is -0.294 e. The molecule has 0 aliphatic carbocycles. The summed E-state index contributed by atoms with van der Waals surface area (Å²) in [6, 6.07) is 14.2. The van der Waals surface area contributed by atoms with Crippen LogP contribution < -0.4 is 0 Å². The fraction of sp³-hybridized carbons (Fsp3) is 0.143. The van der Waals surface area contributed by atoms with E-state index in [2.05, 4.69) is 0 Å². The first-order valence-corrected chi connectivity index (χ1v) is 8.51. The van der Waals surface area contributed by atoms with Gasteiger partial charge in [-0.15, -0.1) is 0 Å². The molecule has 0 spiro atoms. The second-order valence-corrected chi connectivity index (χ2v) is 7.00. The van der Waals surface area contributed by atoms with E-state index in [-0.39, 0.29) is 11.6 Å². The van der Waals surface area contributed by atoms with Crippen LogP contribution in [-0.4, -0.2) is 11.6 Å². The quantitative estimate of drug-likeness (QED) is 0.468. The third-order valence-electron chi connectivity index (χ3n) is 3.83. The minimum atomic E-state index is -1.13. The lowest BCUT2D eigenvalue weighted by Gasteiger charge is -2.17. The molecule has 0 aliphatic heterocycles. The van der Waals surface area contributed by atoms with E-state index >= 15 is 0 Å². The molecule has 2 rings (SSSR count). The third kappa shape index (κ3) is 5.42. The van der Waals surface area contributed by atoms with E-state index in [4.69, 9.17) is 23.2 Å². The zero-order valence-electron chi connectivity index (χ0n) is 14.0. The lowest BCUT2D eigenvalue weighted by Crippen LogP contribution is -2.30. The van der Waals surface area contributed by atoms with Crippen LogP contribution in [0.25, 0.3) is 12.2 Å². The maximum absolute atomic E-state index is 12.4. The molecule has 0 N–H and O–H groups in total. The van der Waals surface area contributed by atoms with Gasteiger partial charge in [0.05, 0.1) is 5.41 Å². The maximum Gasteiger partial charge on any atom is 0.169 e. The number of benzene rings is 2. The number of carbonyl (C=O) groups is 2. The Hall–Kier alpha value is -2.16. The van der Waals surface area contributed by atoms with E-state index in [9.17, 15) is 9.59 Å². The van der Waals surface area contributed by atoms with Gasteiger partial charge in [-0.3, -0.25) is 9.59 Å². The number of carbonyl (C=O) groups excluding carboxylic acids is 2. The molecule has 0 saturated carbocycles. The molecule has 0 aromatic heterocycles. The Morgan fingerprint density at radius 3 is 1.36 bits per heavy atom. The zero-order chi connectivity index (χ0) is 18.4. The number of ketones is 2. The van der Waals surface area contributed by atoms with Crippen LogP contribution in [0.5, 0.6) is 0 Å². The standard InChI is InChI=1S/C21H18Cl2O2/c1-21(2,19(24)13-7-15-3-9-17(22)10-4-15)20(25)14-8-16-5-11-18(23)12-6-16/h3-14H,1-2H3. The molecule has 2 aromatic carbocycles. The summed E-state index contributed by atoms with van der Waals surface area (Å²) in [5, 5.41) is 1.26. The number of hydrogen-bond donors (Lipinski definition) is 0. The molecule has 0 heterocycles. The molecule has 0 bridgehead atoms. The Bertz CT molecular complexity index is 744. The fourth-order valence-electron chi connectivity index (χ4n) is 2.03. The van der Waals surface area contributed by atoms with Crippen molar-refractivity contribution in [3.63, 3.8) is 0 Å². The van der Waals surface area contributed by atoms with Crippen LogP contribution in [0.2, 0.25) is 10.0 Å². The van der Waals surface area contributed by atoms with E-state index < -0.39 is 5.41 Å². The summed E-state index contributed by atoms with van der Waals surface area (Å²) >= 11 is 11.7. The predicted octanol–water partition coefficient (Wildman–Crippen LogP) is 5.88. The van der Waals surface area contributed by atoms with Crippen molar-refractivity contribution in [2.45, 2.75) is 13.8 Å². The summed E-state index contributed by atoms with van der Waals surface area (Å²) in [6.45, 7) is 3.24. The monoisotopic (exact) mass is 372 g/mol. The molecule has 0 fully saturated rings. The average molecular weight is 373 g/mol. The van der Waals surface area contributed by atoms with Crippen LogP contribution in [0.3, 0.4) is 0 Å². The number of halogens is 2. The van der Waals surface area contributed by atoms with Gasteiger partial charge in [0, 0.05) is 10.0 Å². The van der Waals surface area contributed by atoms with Crippen molar-refractivity contribution in [3.8, 4) is 0 Å². The molecule has 128 valence electrons. The van der Waals surface area contributed by atoms with Crippen LogP contribution in [0.15, 0.2) is 60.7 Å². The normalized spacial score (nSPS) is 12.0. The lowest BCUT2D eigenvalue weighted by molar-refractivity contribution is -0.132. The van der Waals surface area contributed by atoms with Crippen molar-refractivity contribution < 1.29 is 9.59 Å². The van der Waals surface area contributed by atoms with Gasteiger partial charge >= 0.3 is 0 Å². The molecule has 0 radical (unpaired) electrons. The fourth-order valence-corrected chi connectivity index (χ4v) is 2.28. The van der Waals surface area contributed by atoms with Gasteiger partial charge in [-0.2, -0.15) is 0 Å². The third-order valence-corrected chi connectivity index (χ3v) is 4.33. The SMILES string of the molecule is CC(C)(C(=O)C=Cc1ccc(Cl)cc1)C(=O)C=Cc1ccc(Cl)cc1. The van der Waals surface area contributed by atoms with Gasteiger partial charge in [0.15, 0.2) is 11.6 Å². The van der Waals surface area contributed by atoms with Crippen molar-refractivity contribution in [1.82, 2.24) is 0 Å². The first-order valence-electron chi connectivity index (χ1n) is 7.75. The van der Waals surface area contributed by atoms with E-state index in [1.54, 1.807) is 74.5 Å². The van der Waals surface area contributed by atoms with E-state index in [0.29, 0.717) is 10.0 Å². The van der Waals surface area contributed by atoms with Crippen LogP contribution in [0.4, 0.5) is 0 Å². The van der Waals surface area contributed by atoms with E-state index in [0.717, 1.165) is 11.1 Å². The molecule has 0 atom stereocenters. The van der Waals surface area contributed by atoms with Crippen molar-refractivity contribution >= 4 is 46.9 Å². The molecule has 2 nitrogen and oxygen atoms in total. The van der Waals surface area contributed by atoms with Crippen LogP contribution in [0.1, 0.15) is 25.0 Å². The van der Waals surface area contributed by atoms with Crippen molar-refractivity contribution in [1.29, 1.82) is 0 Å². The van der Waals surface area contributed by atoms with Crippen LogP contribution in [-0.2, 0) is 9.59 Å². The maximum atomic E-state index is 12.4. The van der Waals surface area contributed by atoms with Gasteiger partial charge < -0.3 is 0 Å². The highest BCUT2D eigenvalue weighted by Crippen LogP contribution is 2.21. The number of rotatable bonds is 6. The van der Waals surface area contributed by atoms with Crippen molar-refractivity contribution in [2.24, 2.45) is 5.41 Å². The number of hydrogen-bond acceptors (Lipinski definition) is 2. The van der Waals surface area contributed by atoms with Crippen molar-refractivity contribution in [2.75, 3.05) is 0 Å². The highest BCUT2D eigenvalue weighted by atomic mass is 35.5. The van der Waals surface area contributed by atoms with Crippen LogP contribution >= 0.6 is 23.2 Å². The summed E-state index contributed by atoms with van der Waals surface area (Å²) in [4.78, 5) is 24.8. The Labute approximate surface area is 157 Å². The lowest BCUT2D eigenvalue weighted by atomic mass is 9.82. The highest BCUT2D eigenvalue weighted by Gasteiger charge is 2.32. The molecular formula is C21H18Cl2O2. The molecule has 25 heavy (non-hydrogen) atoms. The first-order chi connectivity index (χ1) is 11.8. The minimum absolute atomic E-state index is 0.256. The molecular weight excluding hydrogens is 355 g/mol. The Balaban J connectivity index is 2.07. The topological polar surface area (TPSA) is 34.1 Å². The summed E-state index contributed by atoms with van der Waals surface area (Å²) in [5.41, 5.74) is 0.557. The Morgan fingerprint density at radius 2 is 1.04 bits per heavy atom. The average Bonchev–Trinajstić information content (AvgIpc) is 2.60. The predicted molar refractivity (Wildman–Crippen MR) is 105 cm³/mol. The molecule has 0 unspecified atom stereocenters. The van der Waals surface area contributed by atoms with Gasteiger partial charge in [-0.1, -0.05) is 59.6 Å². The Morgan fingerprint density at radius 1 is 0.720 bits per heavy atom. The van der Waals surface area contributed by atoms with Gasteiger partial charge in [-0.05, 0) is 61.4 Å². The molecule has 0 amide bonds. The smallest absolute Gasteiger partial charge is 0.169 e. The summed E-state index contributed by atoms with van der Waals surface area (Å²) in [6.07, 6.45) is 6.21. The van der Waals surface area contributed by atoms with Crippen LogP contribution in [0, 0.1) is 5.41 Å². The zero-order valence-corrected chi connectivity index (χ0v) is 15.5. The highest BCUT2D eigenvalue weighted by molar-refractivity contribution is 6.30. The number of allylic oxidation sites excluding steroid dienone is 2. The Kier molecular flexibility index (Phi) is 6.35. The molecule has 4 heteroatoms. The summed E-state index contributed by atoms with van der Waals surface area (Å²) < 4.78 is 0. The second-order valence-electron chi connectivity index (χ2n) is 6.12. The largest absolute Gasteiger partial charge is 0.294 e. The van der Waals surface area contributed by atoms with Crippen molar-refractivity contribution in [3.05, 3.63) is 81.9 Å². The summed E-state index contributed by atoms with van der Waals surface area (Å²) in [5.74, 6) is -0.513. The molecule has 0 aliphatic rings. The van der Waals surface area contributed by atoms with Gasteiger partial charge in [0.1, 0.15) is 0 Å².